The molecule has 3 atom stereocenters. The maximum Gasteiger partial charge on any atom is 0.242 e. The molecule has 1 N–H and O–H groups in total. The number of nitrogens with one attached hydrogen (secondary N) is 1. The van der Waals surface area contributed by atoms with E-state index in [1.54, 1.807) is 0 Å². The van der Waals surface area contributed by atoms with Crippen LogP contribution in [0.3, 0.4) is 0 Å². The third kappa shape index (κ3) is 4.37. The molecule has 4 nitrogen and oxygen atoms in total. The number of nitrogens with zero attached hydrogens (tertiary/aromatic N) is 1. The van der Waals surface area contributed by atoms with Gasteiger partial charge < -0.3 is 10.2 Å². The van der Waals surface area contributed by atoms with Crippen molar-refractivity contribution in [2.45, 2.75) is 58.4 Å². The third-order valence-electron chi connectivity index (χ3n) is 5.23. The van der Waals surface area contributed by atoms with E-state index in [1.165, 1.54) is 5.56 Å². The molecule has 0 aliphatic carbocycles. The van der Waals surface area contributed by atoms with Crippen molar-refractivity contribution in [3.8, 4) is 0 Å². The summed E-state index contributed by atoms with van der Waals surface area (Å²) in [6.45, 7) is 6.97. The molecule has 1 saturated heterocycles. The average Bonchev–Trinajstić information content (AvgIpc) is 3.09. The van der Waals surface area contributed by atoms with Gasteiger partial charge >= 0.3 is 0 Å². The highest BCUT2D eigenvalue weighted by atomic mass is 16.2. The molecule has 1 aliphatic heterocycles. The van der Waals surface area contributed by atoms with Gasteiger partial charge in [-0.25, -0.2) is 0 Å². The first-order valence-electron chi connectivity index (χ1n) is 9.20. The minimum absolute atomic E-state index is 0.0308. The van der Waals surface area contributed by atoms with E-state index < -0.39 is 0 Å². The van der Waals surface area contributed by atoms with Gasteiger partial charge in [0, 0.05) is 24.4 Å². The molecule has 0 bridgehead atoms. The summed E-state index contributed by atoms with van der Waals surface area (Å²) >= 11 is 0. The van der Waals surface area contributed by atoms with Crippen molar-refractivity contribution in [2.24, 2.45) is 5.92 Å². The Bertz CT molecular complexity index is 544. The number of carbonyl (C=O) groups is 2. The Morgan fingerprint density at radius 2 is 1.92 bits per heavy atom. The lowest BCUT2D eigenvalue weighted by atomic mass is 9.87. The molecule has 2 amide bonds. The Morgan fingerprint density at radius 1 is 1.21 bits per heavy atom. The standard InChI is InChI=1S/C20H30N2O2/c1-4-15(3)20(24)21-14-19(23)22-13-9-12-18(22)17(5-2)16-10-7-6-8-11-16/h6-8,10-11,15,17-18H,4-5,9,12-14H2,1-3H3,(H,21,24)/t15-,17+,18+/m0/s1. The van der Waals surface area contributed by atoms with Gasteiger partial charge in [-0.05, 0) is 31.2 Å². The van der Waals surface area contributed by atoms with Gasteiger partial charge in [0.2, 0.25) is 11.8 Å². The van der Waals surface area contributed by atoms with Crippen LogP contribution in [-0.4, -0.2) is 35.8 Å². The van der Waals surface area contributed by atoms with E-state index in [4.69, 9.17) is 0 Å². The molecule has 0 unspecified atom stereocenters. The number of likely N-dealkylation sites (tertiary alicyclic amines) is 1. The van der Waals surface area contributed by atoms with Crippen LogP contribution in [0.15, 0.2) is 30.3 Å². The highest BCUT2D eigenvalue weighted by Crippen LogP contribution is 2.33. The van der Waals surface area contributed by atoms with Gasteiger partial charge in [0.1, 0.15) is 0 Å². The molecule has 0 spiro atoms. The van der Waals surface area contributed by atoms with E-state index in [0.717, 1.165) is 32.2 Å². The molecule has 1 fully saturated rings. The molecule has 0 aromatic heterocycles. The summed E-state index contributed by atoms with van der Waals surface area (Å²) in [6.07, 6.45) is 3.88. The number of benzene rings is 1. The predicted molar refractivity (Wildman–Crippen MR) is 96.7 cm³/mol. The number of carbonyl (C=O) groups excluding carboxylic acids is 2. The van der Waals surface area contributed by atoms with Crippen molar-refractivity contribution in [3.63, 3.8) is 0 Å². The summed E-state index contributed by atoms with van der Waals surface area (Å²) in [5.74, 6) is 0.336. The summed E-state index contributed by atoms with van der Waals surface area (Å²) in [6, 6.07) is 10.7. The molecule has 0 radical (unpaired) electrons. The fraction of sp³-hybridized carbons (Fsp3) is 0.600. The highest BCUT2D eigenvalue weighted by molar-refractivity contribution is 5.86. The Kier molecular flexibility index (Phi) is 6.83. The van der Waals surface area contributed by atoms with Crippen molar-refractivity contribution in [2.75, 3.05) is 13.1 Å². The van der Waals surface area contributed by atoms with E-state index in [1.807, 2.05) is 24.8 Å². The maximum atomic E-state index is 12.6. The van der Waals surface area contributed by atoms with Crippen LogP contribution in [-0.2, 0) is 9.59 Å². The van der Waals surface area contributed by atoms with E-state index in [9.17, 15) is 9.59 Å². The Hall–Kier alpha value is -1.84. The molecule has 24 heavy (non-hydrogen) atoms. The van der Waals surface area contributed by atoms with Crippen molar-refractivity contribution in [3.05, 3.63) is 35.9 Å². The van der Waals surface area contributed by atoms with Gasteiger partial charge in [-0.1, -0.05) is 51.1 Å². The number of rotatable bonds is 7. The van der Waals surface area contributed by atoms with Crippen molar-refractivity contribution in [1.29, 1.82) is 0 Å². The monoisotopic (exact) mass is 330 g/mol. The number of amides is 2. The van der Waals surface area contributed by atoms with Crippen molar-refractivity contribution < 1.29 is 9.59 Å². The zero-order valence-electron chi connectivity index (χ0n) is 15.1. The fourth-order valence-electron chi connectivity index (χ4n) is 3.57. The predicted octanol–water partition coefficient (Wildman–Crippen LogP) is 3.33. The summed E-state index contributed by atoms with van der Waals surface area (Å²) in [4.78, 5) is 26.5. The summed E-state index contributed by atoms with van der Waals surface area (Å²) in [5.41, 5.74) is 1.30. The molecule has 1 heterocycles. The number of hydrogen-bond donors (Lipinski definition) is 1. The highest BCUT2D eigenvalue weighted by Gasteiger charge is 2.34. The molecule has 1 aromatic rings. The van der Waals surface area contributed by atoms with Crippen LogP contribution in [0.4, 0.5) is 0 Å². The summed E-state index contributed by atoms with van der Waals surface area (Å²) in [7, 11) is 0. The zero-order chi connectivity index (χ0) is 17.5. The lowest BCUT2D eigenvalue weighted by Crippen LogP contribution is -2.45. The Balaban J connectivity index is 2.01. The van der Waals surface area contributed by atoms with Gasteiger partial charge in [-0.2, -0.15) is 0 Å². The molecule has 0 saturated carbocycles. The van der Waals surface area contributed by atoms with Crippen LogP contribution in [0, 0.1) is 5.92 Å². The van der Waals surface area contributed by atoms with Crippen LogP contribution >= 0.6 is 0 Å². The molecule has 2 rings (SSSR count). The maximum absolute atomic E-state index is 12.6. The van der Waals surface area contributed by atoms with Crippen LogP contribution in [0.2, 0.25) is 0 Å². The van der Waals surface area contributed by atoms with Crippen LogP contribution in [0.1, 0.15) is 57.9 Å². The molecule has 1 aromatic carbocycles. The van der Waals surface area contributed by atoms with Gasteiger partial charge in [-0.3, -0.25) is 9.59 Å². The SMILES string of the molecule is CC[C@H](c1ccccc1)[C@H]1CCCN1C(=O)CNC(=O)[C@@H](C)CC. The van der Waals surface area contributed by atoms with Crippen LogP contribution < -0.4 is 5.32 Å². The smallest absolute Gasteiger partial charge is 0.242 e. The van der Waals surface area contributed by atoms with E-state index in [-0.39, 0.29) is 30.3 Å². The first kappa shape index (κ1) is 18.5. The lowest BCUT2D eigenvalue weighted by Gasteiger charge is -2.32. The quantitative estimate of drug-likeness (QED) is 0.833. The first-order chi connectivity index (χ1) is 11.6. The second-order valence-corrected chi connectivity index (χ2v) is 6.75. The van der Waals surface area contributed by atoms with Crippen molar-refractivity contribution in [1.82, 2.24) is 10.2 Å². The van der Waals surface area contributed by atoms with Crippen LogP contribution in [0.5, 0.6) is 0 Å². The minimum atomic E-state index is -0.0418. The van der Waals surface area contributed by atoms with Gasteiger partial charge in [0.05, 0.1) is 6.54 Å². The lowest BCUT2D eigenvalue weighted by molar-refractivity contribution is -0.134. The zero-order valence-corrected chi connectivity index (χ0v) is 15.1. The van der Waals surface area contributed by atoms with Crippen LogP contribution in [0.25, 0.3) is 0 Å². The van der Waals surface area contributed by atoms with E-state index in [2.05, 4.69) is 36.5 Å². The van der Waals surface area contributed by atoms with Crippen molar-refractivity contribution >= 4 is 11.8 Å². The largest absolute Gasteiger partial charge is 0.347 e. The molecule has 4 heteroatoms. The minimum Gasteiger partial charge on any atom is -0.347 e. The first-order valence-corrected chi connectivity index (χ1v) is 9.20. The normalized spacial score (nSPS) is 19.8. The molecular formula is C20H30N2O2. The van der Waals surface area contributed by atoms with E-state index >= 15 is 0 Å². The third-order valence-corrected chi connectivity index (χ3v) is 5.23. The summed E-state index contributed by atoms with van der Waals surface area (Å²) in [5, 5.41) is 2.80. The van der Waals surface area contributed by atoms with E-state index in [0.29, 0.717) is 5.92 Å². The van der Waals surface area contributed by atoms with Gasteiger partial charge in [-0.15, -0.1) is 0 Å². The van der Waals surface area contributed by atoms with Gasteiger partial charge in [0.15, 0.2) is 0 Å². The summed E-state index contributed by atoms with van der Waals surface area (Å²) < 4.78 is 0. The average molecular weight is 330 g/mol. The Morgan fingerprint density at radius 3 is 2.54 bits per heavy atom. The second-order valence-electron chi connectivity index (χ2n) is 6.75. The van der Waals surface area contributed by atoms with Gasteiger partial charge in [0.25, 0.3) is 0 Å². The number of hydrogen-bond acceptors (Lipinski definition) is 2. The topological polar surface area (TPSA) is 49.4 Å². The molecule has 1 aliphatic rings. The Labute approximate surface area is 145 Å². The molecular weight excluding hydrogens is 300 g/mol. The molecule has 132 valence electrons. The second kappa shape index (κ2) is 8.86. The fourth-order valence-corrected chi connectivity index (χ4v) is 3.57.